The van der Waals surface area contributed by atoms with Crippen molar-refractivity contribution in [3.63, 3.8) is 0 Å². The molecule has 0 bridgehead atoms. The molecule has 0 aliphatic heterocycles. The number of hydrogen-bond donors (Lipinski definition) is 0. The summed E-state index contributed by atoms with van der Waals surface area (Å²) in [7, 11) is -2.52. The minimum atomic E-state index is -3.82. The lowest BCUT2D eigenvalue weighted by Crippen LogP contribution is -2.35. The van der Waals surface area contributed by atoms with Crippen LogP contribution >= 0.6 is 0 Å². The maximum absolute atomic E-state index is 12.5. The Balaban J connectivity index is 2.02. The first-order valence-corrected chi connectivity index (χ1v) is 10.3. The van der Waals surface area contributed by atoms with Gasteiger partial charge in [0.25, 0.3) is 0 Å². The molecule has 0 heterocycles. The molecule has 2 rings (SSSR count). The van der Waals surface area contributed by atoms with Gasteiger partial charge in [-0.3, -0.25) is 9.59 Å². The van der Waals surface area contributed by atoms with Gasteiger partial charge in [-0.25, -0.2) is 8.42 Å². The van der Waals surface area contributed by atoms with E-state index in [0.717, 1.165) is 21.0 Å². The minimum absolute atomic E-state index is 0.0904. The molecule has 0 aliphatic carbocycles. The van der Waals surface area contributed by atoms with E-state index >= 15 is 0 Å². The van der Waals surface area contributed by atoms with Crippen LogP contribution in [0.2, 0.25) is 0 Å². The molecule has 150 valence electrons. The van der Waals surface area contributed by atoms with Crippen LogP contribution in [0, 0.1) is 20.8 Å². The lowest BCUT2D eigenvalue weighted by molar-refractivity contribution is -0.146. The SMILES string of the molecule is Cc1ccc(S(=O)(=O)N(C)CC(=O)O[C@H](C)C(=O)c2ccc(C)c(C)c2)cc1. The normalized spacial score (nSPS) is 12.6. The Morgan fingerprint density at radius 2 is 1.61 bits per heavy atom. The highest BCUT2D eigenvalue weighted by Gasteiger charge is 2.26. The Kier molecular flexibility index (Phi) is 6.74. The van der Waals surface area contributed by atoms with Crippen molar-refractivity contribution < 1.29 is 22.7 Å². The van der Waals surface area contributed by atoms with Crippen molar-refractivity contribution in [3.05, 3.63) is 64.7 Å². The number of ether oxygens (including phenoxy) is 1. The highest BCUT2D eigenvalue weighted by Crippen LogP contribution is 2.16. The molecule has 0 aromatic heterocycles. The molecule has 2 aromatic carbocycles. The van der Waals surface area contributed by atoms with Crippen molar-refractivity contribution in [1.82, 2.24) is 4.31 Å². The van der Waals surface area contributed by atoms with Gasteiger partial charge in [-0.2, -0.15) is 4.31 Å². The van der Waals surface area contributed by atoms with Crippen LogP contribution in [0.25, 0.3) is 0 Å². The van der Waals surface area contributed by atoms with E-state index in [2.05, 4.69) is 0 Å². The topological polar surface area (TPSA) is 80.8 Å². The van der Waals surface area contributed by atoms with E-state index in [4.69, 9.17) is 4.74 Å². The molecule has 0 aliphatic rings. The maximum atomic E-state index is 12.5. The molecule has 0 unspecified atom stereocenters. The van der Waals surface area contributed by atoms with Gasteiger partial charge in [0.15, 0.2) is 6.10 Å². The second-order valence-electron chi connectivity index (χ2n) is 6.87. The van der Waals surface area contributed by atoms with Crippen LogP contribution in [0.15, 0.2) is 47.4 Å². The molecule has 7 heteroatoms. The molecule has 1 atom stereocenters. The summed E-state index contributed by atoms with van der Waals surface area (Å²) in [5.41, 5.74) is 3.40. The Bertz CT molecular complexity index is 980. The lowest BCUT2D eigenvalue weighted by Gasteiger charge is -2.18. The second-order valence-corrected chi connectivity index (χ2v) is 8.91. The molecule has 0 fully saturated rings. The van der Waals surface area contributed by atoms with E-state index in [1.165, 1.54) is 26.1 Å². The number of nitrogens with zero attached hydrogens (tertiary/aromatic N) is 1. The summed E-state index contributed by atoms with van der Waals surface area (Å²) < 4.78 is 31.2. The summed E-state index contributed by atoms with van der Waals surface area (Å²) in [5.74, 6) is -1.12. The number of esters is 1. The molecule has 0 radical (unpaired) electrons. The number of sulfonamides is 1. The summed E-state index contributed by atoms with van der Waals surface area (Å²) in [6.45, 7) is 6.68. The smallest absolute Gasteiger partial charge is 0.322 e. The first kappa shape index (κ1) is 21.8. The number of carbonyl (C=O) groups is 2. The number of ketones is 1. The fraction of sp³-hybridized carbons (Fsp3) is 0.333. The molecular formula is C21H25NO5S. The van der Waals surface area contributed by atoms with Crippen LogP contribution in [0.4, 0.5) is 0 Å². The number of likely N-dealkylation sites (N-methyl/N-ethyl adjacent to an activating group) is 1. The Morgan fingerprint density at radius 3 is 2.18 bits per heavy atom. The van der Waals surface area contributed by atoms with Crippen molar-refractivity contribution in [2.75, 3.05) is 13.6 Å². The summed E-state index contributed by atoms with van der Waals surface area (Å²) in [6.07, 6.45) is -1.01. The van der Waals surface area contributed by atoms with Gasteiger partial charge >= 0.3 is 5.97 Å². The molecule has 0 spiro atoms. The van der Waals surface area contributed by atoms with Crippen molar-refractivity contribution >= 4 is 21.8 Å². The van der Waals surface area contributed by atoms with Crippen molar-refractivity contribution in [2.24, 2.45) is 0 Å². The highest BCUT2D eigenvalue weighted by molar-refractivity contribution is 7.89. The van der Waals surface area contributed by atoms with Gasteiger partial charge in [0.2, 0.25) is 15.8 Å². The molecule has 0 N–H and O–H groups in total. The Labute approximate surface area is 166 Å². The predicted octanol–water partition coefficient (Wildman–Crippen LogP) is 3.05. The predicted molar refractivity (Wildman–Crippen MR) is 107 cm³/mol. The van der Waals surface area contributed by atoms with Gasteiger partial charge in [0, 0.05) is 12.6 Å². The fourth-order valence-corrected chi connectivity index (χ4v) is 3.69. The van der Waals surface area contributed by atoms with Crippen molar-refractivity contribution in [1.29, 1.82) is 0 Å². The van der Waals surface area contributed by atoms with Gasteiger partial charge in [0.05, 0.1) is 4.90 Å². The third kappa shape index (κ3) is 5.05. The van der Waals surface area contributed by atoms with Gasteiger partial charge in [-0.05, 0) is 57.0 Å². The van der Waals surface area contributed by atoms with Gasteiger partial charge in [-0.15, -0.1) is 0 Å². The van der Waals surface area contributed by atoms with E-state index in [9.17, 15) is 18.0 Å². The largest absolute Gasteiger partial charge is 0.453 e. The third-order valence-corrected chi connectivity index (χ3v) is 6.37. The number of carbonyl (C=O) groups excluding carboxylic acids is 2. The van der Waals surface area contributed by atoms with Crippen LogP contribution in [-0.4, -0.2) is 44.2 Å². The summed E-state index contributed by atoms with van der Waals surface area (Å²) in [5, 5.41) is 0. The van der Waals surface area contributed by atoms with Crippen molar-refractivity contribution in [3.8, 4) is 0 Å². The molecule has 28 heavy (non-hydrogen) atoms. The van der Waals surface area contributed by atoms with E-state index in [-0.39, 0.29) is 10.7 Å². The number of hydrogen-bond acceptors (Lipinski definition) is 5. The second kappa shape index (κ2) is 8.67. The number of Topliss-reactive ketones (excluding diaryl/α,β-unsaturated/α-hetero) is 1. The molecule has 0 saturated carbocycles. The van der Waals surface area contributed by atoms with Gasteiger partial charge in [0.1, 0.15) is 6.54 Å². The number of rotatable bonds is 7. The maximum Gasteiger partial charge on any atom is 0.322 e. The van der Waals surface area contributed by atoms with E-state index in [0.29, 0.717) is 5.56 Å². The van der Waals surface area contributed by atoms with E-state index in [1.54, 1.807) is 24.3 Å². The first-order chi connectivity index (χ1) is 13.0. The summed E-state index contributed by atoms with van der Waals surface area (Å²) in [6, 6.07) is 11.6. The van der Waals surface area contributed by atoms with Crippen LogP contribution in [0.1, 0.15) is 34.0 Å². The minimum Gasteiger partial charge on any atom is -0.453 e. The summed E-state index contributed by atoms with van der Waals surface area (Å²) >= 11 is 0. The first-order valence-electron chi connectivity index (χ1n) is 8.86. The molecule has 0 saturated heterocycles. The zero-order valence-electron chi connectivity index (χ0n) is 16.7. The zero-order valence-corrected chi connectivity index (χ0v) is 17.5. The average molecular weight is 404 g/mol. The Morgan fingerprint density at radius 1 is 1.00 bits per heavy atom. The molecular weight excluding hydrogens is 378 g/mol. The van der Waals surface area contributed by atoms with Gasteiger partial charge < -0.3 is 4.74 Å². The standard InChI is InChI=1S/C21H25NO5S/c1-14-6-10-19(11-7-14)28(25,26)22(5)13-20(23)27-17(4)21(24)18-9-8-15(2)16(3)12-18/h6-12,17H,13H2,1-5H3/t17-/m1/s1. The van der Waals surface area contributed by atoms with Crippen molar-refractivity contribution in [2.45, 2.75) is 38.7 Å². The average Bonchev–Trinajstić information content (AvgIpc) is 2.63. The molecule has 0 amide bonds. The summed E-state index contributed by atoms with van der Waals surface area (Å²) in [4.78, 5) is 24.7. The number of benzene rings is 2. The van der Waals surface area contributed by atoms with E-state index < -0.39 is 28.6 Å². The van der Waals surface area contributed by atoms with Crippen LogP contribution in [-0.2, 0) is 19.6 Å². The molecule has 6 nitrogen and oxygen atoms in total. The fourth-order valence-electron chi connectivity index (χ4n) is 2.57. The van der Waals surface area contributed by atoms with Gasteiger partial charge in [-0.1, -0.05) is 29.8 Å². The highest BCUT2D eigenvalue weighted by atomic mass is 32.2. The zero-order chi connectivity index (χ0) is 21.1. The quantitative estimate of drug-likeness (QED) is 0.524. The van der Waals surface area contributed by atoms with E-state index in [1.807, 2.05) is 26.8 Å². The molecule has 2 aromatic rings. The monoisotopic (exact) mass is 403 g/mol. The van der Waals surface area contributed by atoms with Crippen LogP contribution in [0.5, 0.6) is 0 Å². The number of aryl methyl sites for hydroxylation is 3. The van der Waals surface area contributed by atoms with Crippen LogP contribution in [0.3, 0.4) is 0 Å². The third-order valence-electron chi connectivity index (χ3n) is 4.55. The lowest BCUT2D eigenvalue weighted by atomic mass is 10.0. The Hall–Kier alpha value is -2.51. The van der Waals surface area contributed by atoms with Crippen LogP contribution < -0.4 is 0 Å².